The number of halogens is 4. The van der Waals surface area contributed by atoms with Gasteiger partial charge in [0.15, 0.2) is 0 Å². The first kappa shape index (κ1) is 22.6. The fourth-order valence-electron chi connectivity index (χ4n) is 2.18. The molecule has 0 heterocycles. The summed E-state index contributed by atoms with van der Waals surface area (Å²) in [4.78, 5) is 12.1. The van der Waals surface area contributed by atoms with Crippen molar-refractivity contribution in [1.82, 2.24) is 5.32 Å². The molecule has 2 aromatic rings. The number of nitrogen functional groups attached to an aromatic ring is 1. The van der Waals surface area contributed by atoms with Gasteiger partial charge in [-0.25, -0.2) is 0 Å². The van der Waals surface area contributed by atoms with Crippen LogP contribution in [-0.4, -0.2) is 30.3 Å². The molecular formula is C18H20ClF3N2O3. The van der Waals surface area contributed by atoms with E-state index in [0.29, 0.717) is 11.3 Å². The molecule has 1 unspecified atom stereocenters. The van der Waals surface area contributed by atoms with Crippen LogP contribution in [-0.2, 0) is 6.18 Å². The third kappa shape index (κ3) is 6.65. The Morgan fingerprint density at radius 3 is 2.44 bits per heavy atom. The number of ether oxygens (including phenoxy) is 1. The maximum Gasteiger partial charge on any atom is 0.416 e. The lowest BCUT2D eigenvalue weighted by atomic mass is 10.1. The van der Waals surface area contributed by atoms with Gasteiger partial charge in [-0.2, -0.15) is 13.2 Å². The molecule has 5 nitrogen and oxygen atoms in total. The molecule has 0 aliphatic heterocycles. The molecule has 0 aromatic heterocycles. The van der Waals surface area contributed by atoms with Crippen LogP contribution >= 0.6 is 12.4 Å². The van der Waals surface area contributed by atoms with Crippen LogP contribution in [0.25, 0.3) is 0 Å². The van der Waals surface area contributed by atoms with E-state index in [0.717, 1.165) is 17.7 Å². The summed E-state index contributed by atoms with van der Waals surface area (Å²) >= 11 is 0. The van der Waals surface area contributed by atoms with Crippen LogP contribution < -0.4 is 15.8 Å². The fourth-order valence-corrected chi connectivity index (χ4v) is 2.18. The number of aliphatic hydroxyl groups is 1. The average molecular weight is 405 g/mol. The van der Waals surface area contributed by atoms with Gasteiger partial charge < -0.3 is 20.9 Å². The minimum absolute atomic E-state index is 0. The van der Waals surface area contributed by atoms with Crippen LogP contribution in [0.2, 0.25) is 0 Å². The van der Waals surface area contributed by atoms with Crippen LogP contribution in [0, 0.1) is 6.92 Å². The molecule has 0 saturated carbocycles. The second-order valence-electron chi connectivity index (χ2n) is 5.77. The summed E-state index contributed by atoms with van der Waals surface area (Å²) in [6.45, 7) is 1.51. The Labute approximate surface area is 160 Å². The van der Waals surface area contributed by atoms with Crippen molar-refractivity contribution >= 4 is 24.0 Å². The lowest BCUT2D eigenvalue weighted by Gasteiger charge is -2.14. The summed E-state index contributed by atoms with van der Waals surface area (Å²) in [5.41, 5.74) is 6.47. The SMILES string of the molecule is Cc1ccc(N)cc1C(=O)NCC(O)COc1ccc(C(F)(F)F)cc1.Cl. The minimum Gasteiger partial charge on any atom is -0.491 e. The van der Waals surface area contributed by atoms with Crippen molar-refractivity contribution in [3.8, 4) is 5.75 Å². The van der Waals surface area contributed by atoms with E-state index in [1.54, 1.807) is 19.1 Å². The van der Waals surface area contributed by atoms with Gasteiger partial charge in [0, 0.05) is 17.8 Å². The molecule has 0 bridgehead atoms. The molecule has 4 N–H and O–H groups in total. The lowest BCUT2D eigenvalue weighted by molar-refractivity contribution is -0.137. The van der Waals surface area contributed by atoms with Gasteiger partial charge in [-0.05, 0) is 48.9 Å². The Morgan fingerprint density at radius 2 is 1.85 bits per heavy atom. The molecule has 0 fully saturated rings. The van der Waals surface area contributed by atoms with Gasteiger partial charge in [0.25, 0.3) is 5.91 Å². The zero-order chi connectivity index (χ0) is 19.3. The zero-order valence-electron chi connectivity index (χ0n) is 14.4. The van der Waals surface area contributed by atoms with Crippen molar-refractivity contribution in [3.05, 3.63) is 59.2 Å². The van der Waals surface area contributed by atoms with E-state index in [-0.39, 0.29) is 37.2 Å². The number of hydrogen-bond acceptors (Lipinski definition) is 4. The summed E-state index contributed by atoms with van der Waals surface area (Å²) in [7, 11) is 0. The van der Waals surface area contributed by atoms with E-state index in [1.165, 1.54) is 18.2 Å². The highest BCUT2D eigenvalue weighted by atomic mass is 35.5. The lowest BCUT2D eigenvalue weighted by Crippen LogP contribution is -2.35. The number of carbonyl (C=O) groups is 1. The van der Waals surface area contributed by atoms with Gasteiger partial charge in [0.05, 0.1) is 5.56 Å². The Morgan fingerprint density at radius 1 is 1.22 bits per heavy atom. The van der Waals surface area contributed by atoms with Gasteiger partial charge in [0.1, 0.15) is 18.5 Å². The summed E-state index contributed by atoms with van der Waals surface area (Å²) in [6.07, 6.45) is -5.44. The minimum atomic E-state index is -4.42. The number of rotatable bonds is 6. The second-order valence-corrected chi connectivity index (χ2v) is 5.77. The number of alkyl halides is 3. The molecule has 0 saturated heterocycles. The number of aliphatic hydroxyl groups excluding tert-OH is 1. The van der Waals surface area contributed by atoms with Gasteiger partial charge in [-0.3, -0.25) is 4.79 Å². The molecular weight excluding hydrogens is 385 g/mol. The van der Waals surface area contributed by atoms with Gasteiger partial charge in [-0.15, -0.1) is 12.4 Å². The van der Waals surface area contributed by atoms with E-state index in [2.05, 4.69) is 5.32 Å². The first-order chi connectivity index (χ1) is 12.2. The summed E-state index contributed by atoms with van der Waals surface area (Å²) < 4.78 is 42.7. The van der Waals surface area contributed by atoms with Gasteiger partial charge in [-0.1, -0.05) is 6.07 Å². The normalized spacial score (nSPS) is 12.0. The first-order valence-electron chi connectivity index (χ1n) is 7.79. The fraction of sp³-hybridized carbons (Fsp3) is 0.278. The third-order valence-electron chi connectivity index (χ3n) is 3.63. The topological polar surface area (TPSA) is 84.6 Å². The molecule has 9 heteroatoms. The molecule has 27 heavy (non-hydrogen) atoms. The summed E-state index contributed by atoms with van der Waals surface area (Å²) in [5.74, 6) is -0.196. The molecule has 1 atom stereocenters. The molecule has 2 aromatic carbocycles. The Balaban J connectivity index is 0.00000364. The maximum atomic E-state index is 12.5. The van der Waals surface area contributed by atoms with Crippen LogP contribution in [0.4, 0.5) is 18.9 Å². The van der Waals surface area contributed by atoms with Crippen LogP contribution in [0.15, 0.2) is 42.5 Å². The Bertz CT molecular complexity index is 767. The average Bonchev–Trinajstić information content (AvgIpc) is 2.59. The number of nitrogens with two attached hydrogens (primary N) is 1. The Hall–Kier alpha value is -2.45. The smallest absolute Gasteiger partial charge is 0.416 e. The van der Waals surface area contributed by atoms with Gasteiger partial charge >= 0.3 is 6.18 Å². The standard InChI is InChI=1S/C18H19F3N2O3.ClH/c1-11-2-5-13(22)8-16(11)17(25)23-9-14(24)10-26-15-6-3-12(4-7-15)18(19,20)21;/h2-8,14,24H,9-10,22H2,1H3,(H,23,25);1H. The highest BCUT2D eigenvalue weighted by molar-refractivity contribution is 5.96. The van der Waals surface area contributed by atoms with Crippen LogP contribution in [0.5, 0.6) is 5.75 Å². The Kier molecular flexibility index (Phi) is 7.93. The zero-order valence-corrected chi connectivity index (χ0v) is 15.2. The monoisotopic (exact) mass is 404 g/mol. The number of hydrogen-bond donors (Lipinski definition) is 3. The predicted molar refractivity (Wildman–Crippen MR) is 98.1 cm³/mol. The van der Waals surface area contributed by atoms with E-state index in [1.807, 2.05) is 0 Å². The van der Waals surface area contributed by atoms with Crippen LogP contribution in [0.1, 0.15) is 21.5 Å². The third-order valence-corrected chi connectivity index (χ3v) is 3.63. The van der Waals surface area contributed by atoms with E-state index >= 15 is 0 Å². The molecule has 1 amide bonds. The van der Waals surface area contributed by atoms with E-state index in [4.69, 9.17) is 10.5 Å². The number of aryl methyl sites for hydroxylation is 1. The van der Waals surface area contributed by atoms with Crippen molar-refractivity contribution in [2.75, 3.05) is 18.9 Å². The van der Waals surface area contributed by atoms with Crippen molar-refractivity contribution in [2.45, 2.75) is 19.2 Å². The molecule has 2 rings (SSSR count). The predicted octanol–water partition coefficient (Wildman–Crippen LogP) is 3.19. The van der Waals surface area contributed by atoms with Crippen molar-refractivity contribution in [2.24, 2.45) is 0 Å². The number of nitrogens with one attached hydrogen (secondary N) is 1. The number of benzene rings is 2. The highest BCUT2D eigenvalue weighted by Crippen LogP contribution is 2.30. The second kappa shape index (κ2) is 9.48. The number of anilines is 1. The number of amides is 1. The molecule has 0 spiro atoms. The molecule has 0 aliphatic carbocycles. The molecule has 0 radical (unpaired) electrons. The number of carbonyl (C=O) groups excluding carboxylic acids is 1. The molecule has 0 aliphatic rings. The summed E-state index contributed by atoms with van der Waals surface area (Å²) in [6, 6.07) is 9.07. The van der Waals surface area contributed by atoms with Gasteiger partial charge in [0.2, 0.25) is 0 Å². The van der Waals surface area contributed by atoms with Crippen LogP contribution in [0.3, 0.4) is 0 Å². The maximum absolute atomic E-state index is 12.5. The van der Waals surface area contributed by atoms with Crippen molar-refractivity contribution in [1.29, 1.82) is 0 Å². The molecule has 148 valence electrons. The highest BCUT2D eigenvalue weighted by Gasteiger charge is 2.30. The first-order valence-corrected chi connectivity index (χ1v) is 7.79. The van der Waals surface area contributed by atoms with Crippen molar-refractivity contribution < 1.29 is 27.8 Å². The van der Waals surface area contributed by atoms with E-state index < -0.39 is 17.8 Å². The van der Waals surface area contributed by atoms with Crippen molar-refractivity contribution in [3.63, 3.8) is 0 Å². The summed E-state index contributed by atoms with van der Waals surface area (Å²) in [5, 5.41) is 12.4. The largest absolute Gasteiger partial charge is 0.491 e. The van der Waals surface area contributed by atoms with E-state index in [9.17, 15) is 23.1 Å². The quantitative estimate of drug-likeness (QED) is 0.645.